The van der Waals surface area contributed by atoms with Crippen LogP contribution in [0.15, 0.2) is 42.0 Å². The number of tetrazole rings is 1. The molecule has 29 heavy (non-hydrogen) atoms. The van der Waals surface area contributed by atoms with Crippen molar-refractivity contribution in [3.63, 3.8) is 0 Å². The van der Waals surface area contributed by atoms with E-state index in [0.29, 0.717) is 22.5 Å². The molecule has 1 amide bonds. The summed E-state index contributed by atoms with van der Waals surface area (Å²) in [6.07, 6.45) is 1.67. The van der Waals surface area contributed by atoms with Crippen molar-refractivity contribution < 1.29 is 4.79 Å². The molecule has 0 saturated heterocycles. The lowest BCUT2D eigenvalue weighted by Crippen LogP contribution is -2.14. The van der Waals surface area contributed by atoms with Gasteiger partial charge in [-0.25, -0.2) is 19.6 Å². The summed E-state index contributed by atoms with van der Waals surface area (Å²) in [4.78, 5) is 25.4. The van der Waals surface area contributed by atoms with Gasteiger partial charge in [-0.15, -0.1) is 16.4 Å². The third-order valence-electron chi connectivity index (χ3n) is 3.86. The summed E-state index contributed by atoms with van der Waals surface area (Å²) in [7, 11) is 0. The minimum atomic E-state index is -0.153. The van der Waals surface area contributed by atoms with Gasteiger partial charge in [-0.2, -0.15) is 0 Å². The smallest absolute Gasteiger partial charge is 0.230 e. The van der Waals surface area contributed by atoms with Gasteiger partial charge in [-0.05, 0) is 54.6 Å². The van der Waals surface area contributed by atoms with Crippen LogP contribution in [0, 0.1) is 13.8 Å². The fourth-order valence-corrected chi connectivity index (χ4v) is 3.37. The number of rotatable bonds is 6. The molecule has 0 unspecified atom stereocenters. The molecular formula is C18H17N9OS. The minimum absolute atomic E-state index is 0.153. The summed E-state index contributed by atoms with van der Waals surface area (Å²) in [5.41, 5.74) is 3.91. The Morgan fingerprint density at radius 3 is 2.55 bits per heavy atom. The molecule has 3 heterocycles. The maximum atomic E-state index is 12.3. The number of carbonyl (C=O) groups is 1. The van der Waals surface area contributed by atoms with E-state index in [9.17, 15) is 4.79 Å². The van der Waals surface area contributed by atoms with E-state index < -0.39 is 0 Å². The normalized spacial score (nSPS) is 10.7. The van der Waals surface area contributed by atoms with Gasteiger partial charge in [0.15, 0.2) is 5.13 Å². The molecule has 0 bridgehead atoms. The van der Waals surface area contributed by atoms with Crippen molar-refractivity contribution >= 4 is 34.0 Å². The van der Waals surface area contributed by atoms with Gasteiger partial charge in [0.1, 0.15) is 6.33 Å². The maximum absolute atomic E-state index is 12.3. The number of aromatic nitrogens is 7. The molecule has 10 nitrogen and oxygen atoms in total. The zero-order valence-electron chi connectivity index (χ0n) is 15.7. The third kappa shape index (κ3) is 4.76. The Labute approximate surface area is 170 Å². The molecule has 0 radical (unpaired) electrons. The molecule has 0 fully saturated rings. The quantitative estimate of drug-likeness (QED) is 0.499. The highest BCUT2D eigenvalue weighted by Crippen LogP contribution is 2.20. The Morgan fingerprint density at radius 2 is 1.86 bits per heavy atom. The number of anilines is 3. The fourth-order valence-electron chi connectivity index (χ4n) is 2.67. The summed E-state index contributed by atoms with van der Waals surface area (Å²) in [5.74, 6) is 0.343. The average molecular weight is 407 g/mol. The van der Waals surface area contributed by atoms with E-state index in [-0.39, 0.29) is 12.3 Å². The summed E-state index contributed by atoms with van der Waals surface area (Å²) < 4.78 is 1.54. The van der Waals surface area contributed by atoms with Gasteiger partial charge in [0.05, 0.1) is 17.8 Å². The lowest BCUT2D eigenvalue weighted by Gasteiger charge is -2.05. The van der Waals surface area contributed by atoms with E-state index in [0.717, 1.165) is 17.1 Å². The van der Waals surface area contributed by atoms with E-state index in [1.807, 2.05) is 37.4 Å². The van der Waals surface area contributed by atoms with Crippen LogP contribution in [-0.2, 0) is 11.2 Å². The second-order valence-corrected chi connectivity index (χ2v) is 7.13. The van der Waals surface area contributed by atoms with Crippen LogP contribution in [0.25, 0.3) is 5.69 Å². The van der Waals surface area contributed by atoms with Crippen molar-refractivity contribution in [3.8, 4) is 5.69 Å². The molecule has 146 valence electrons. The molecule has 11 heteroatoms. The lowest BCUT2D eigenvalue weighted by molar-refractivity contribution is -0.115. The molecule has 4 aromatic rings. The van der Waals surface area contributed by atoms with Gasteiger partial charge < -0.3 is 10.6 Å². The highest BCUT2D eigenvalue weighted by molar-refractivity contribution is 7.13. The largest absolute Gasteiger partial charge is 0.326 e. The topological polar surface area (TPSA) is 123 Å². The molecule has 4 rings (SSSR count). The average Bonchev–Trinajstić information content (AvgIpc) is 3.34. The molecule has 0 spiro atoms. The molecule has 3 aromatic heterocycles. The summed E-state index contributed by atoms with van der Waals surface area (Å²) in [6, 6.07) is 9.13. The zero-order valence-corrected chi connectivity index (χ0v) is 16.5. The predicted molar refractivity (Wildman–Crippen MR) is 108 cm³/mol. The molecule has 0 atom stereocenters. The monoisotopic (exact) mass is 407 g/mol. The number of aryl methyl sites for hydroxylation is 2. The van der Waals surface area contributed by atoms with Crippen molar-refractivity contribution in [2.75, 3.05) is 10.6 Å². The molecule has 1 aromatic carbocycles. The number of hydrogen-bond donors (Lipinski definition) is 2. The van der Waals surface area contributed by atoms with E-state index in [1.54, 1.807) is 12.1 Å². The van der Waals surface area contributed by atoms with Gasteiger partial charge >= 0.3 is 0 Å². The number of thiazole rings is 1. The molecule has 0 aliphatic rings. The number of hydrogen-bond acceptors (Lipinski definition) is 9. The second-order valence-electron chi connectivity index (χ2n) is 6.27. The number of carbonyl (C=O) groups excluding carboxylic acids is 1. The zero-order chi connectivity index (χ0) is 20.2. The van der Waals surface area contributed by atoms with Crippen molar-refractivity contribution in [2.24, 2.45) is 0 Å². The first-order valence-electron chi connectivity index (χ1n) is 8.72. The van der Waals surface area contributed by atoms with Gasteiger partial charge in [-0.3, -0.25) is 4.79 Å². The first-order valence-corrected chi connectivity index (χ1v) is 9.60. The highest BCUT2D eigenvalue weighted by atomic mass is 32.1. The first-order chi connectivity index (χ1) is 14.0. The van der Waals surface area contributed by atoms with Gasteiger partial charge in [0.25, 0.3) is 0 Å². The van der Waals surface area contributed by atoms with E-state index in [1.165, 1.54) is 22.3 Å². The number of nitrogens with one attached hydrogen (secondary N) is 2. The Morgan fingerprint density at radius 1 is 1.10 bits per heavy atom. The van der Waals surface area contributed by atoms with Crippen LogP contribution in [0.2, 0.25) is 0 Å². The van der Waals surface area contributed by atoms with E-state index in [2.05, 4.69) is 41.1 Å². The van der Waals surface area contributed by atoms with Crippen LogP contribution in [0.3, 0.4) is 0 Å². The highest BCUT2D eigenvalue weighted by Gasteiger charge is 2.10. The van der Waals surface area contributed by atoms with Crippen LogP contribution >= 0.6 is 11.3 Å². The molecule has 0 aliphatic carbocycles. The third-order valence-corrected chi connectivity index (χ3v) is 4.67. The van der Waals surface area contributed by atoms with Crippen LogP contribution < -0.4 is 10.6 Å². The molecule has 2 N–H and O–H groups in total. The lowest BCUT2D eigenvalue weighted by atomic mass is 10.2. The van der Waals surface area contributed by atoms with Crippen LogP contribution in [0.4, 0.5) is 16.8 Å². The maximum Gasteiger partial charge on any atom is 0.230 e. The second kappa shape index (κ2) is 8.10. The number of benzene rings is 1. The summed E-state index contributed by atoms with van der Waals surface area (Å²) >= 11 is 1.40. The Hall–Kier alpha value is -3.73. The van der Waals surface area contributed by atoms with E-state index >= 15 is 0 Å². The van der Waals surface area contributed by atoms with Crippen molar-refractivity contribution in [2.45, 2.75) is 20.3 Å². The summed E-state index contributed by atoms with van der Waals surface area (Å²) in [5, 5.41) is 19.4. The van der Waals surface area contributed by atoms with Crippen LogP contribution in [0.5, 0.6) is 0 Å². The number of nitrogens with zero attached hydrogens (tertiary/aromatic N) is 7. The SMILES string of the molecule is Cc1cc(C)nc(Nc2nc(CC(=O)Nc3ccc(-n4cnnn4)cc3)cs2)n1. The molecule has 0 saturated carbocycles. The van der Waals surface area contributed by atoms with Gasteiger partial charge in [-0.1, -0.05) is 0 Å². The van der Waals surface area contributed by atoms with Crippen molar-refractivity contribution in [1.82, 2.24) is 35.2 Å². The van der Waals surface area contributed by atoms with Crippen LogP contribution in [-0.4, -0.2) is 41.1 Å². The minimum Gasteiger partial charge on any atom is -0.326 e. The fraction of sp³-hybridized carbons (Fsp3) is 0.167. The van der Waals surface area contributed by atoms with Crippen LogP contribution in [0.1, 0.15) is 17.1 Å². The molecular weight excluding hydrogens is 390 g/mol. The first kappa shape index (κ1) is 18.6. The van der Waals surface area contributed by atoms with Gasteiger partial charge in [0, 0.05) is 22.5 Å². The Balaban J connectivity index is 1.35. The van der Waals surface area contributed by atoms with E-state index in [4.69, 9.17) is 0 Å². The van der Waals surface area contributed by atoms with Gasteiger partial charge in [0.2, 0.25) is 11.9 Å². The Kier molecular flexibility index (Phi) is 5.20. The predicted octanol–water partition coefficient (Wildman–Crippen LogP) is 2.45. The van der Waals surface area contributed by atoms with Crippen molar-refractivity contribution in [1.29, 1.82) is 0 Å². The Bertz CT molecular complexity index is 1100. The standard InChI is InChI=1S/C18H17N9OS/c1-11-7-12(2)21-17(20-11)24-18-23-14(9-29-18)8-16(28)22-13-3-5-15(6-4-13)27-10-19-25-26-27/h3-7,9-10H,8H2,1-2H3,(H,22,28)(H,20,21,23,24). The van der Waals surface area contributed by atoms with Crippen molar-refractivity contribution in [3.05, 3.63) is 59.1 Å². The molecule has 0 aliphatic heterocycles. The number of amides is 1. The summed E-state index contributed by atoms with van der Waals surface area (Å²) in [6.45, 7) is 3.82.